The van der Waals surface area contributed by atoms with Crippen LogP contribution in [0.1, 0.15) is 33.1 Å². The maximum absolute atomic E-state index is 9.26. The van der Waals surface area contributed by atoms with Crippen molar-refractivity contribution in [1.29, 1.82) is 0 Å². The van der Waals surface area contributed by atoms with E-state index in [0.29, 0.717) is 44.3 Å². The Balaban J connectivity index is 2.27. The lowest BCUT2D eigenvalue weighted by molar-refractivity contribution is -0.0144. The van der Waals surface area contributed by atoms with Crippen LogP contribution in [0.4, 0.5) is 0 Å². The Morgan fingerprint density at radius 2 is 1.86 bits per heavy atom. The van der Waals surface area contributed by atoms with Crippen LogP contribution in [0.3, 0.4) is 0 Å². The number of morpholine rings is 1. The third kappa shape index (κ3) is 4.12. The van der Waals surface area contributed by atoms with Crippen LogP contribution in [0.5, 0.6) is 0 Å². The molecule has 0 amide bonds. The number of allylic oxidation sites excluding steroid dienone is 3. The molecule has 0 unspecified atom stereocenters. The molecule has 6 heteroatoms. The molecule has 0 atom stereocenters. The molecule has 0 N–H and O–H groups in total. The van der Waals surface area contributed by atoms with Crippen molar-refractivity contribution in [3.63, 3.8) is 0 Å². The van der Waals surface area contributed by atoms with Gasteiger partial charge in [0.2, 0.25) is 5.76 Å². The fraction of sp³-hybridized carbons (Fsp3) is 0.688. The molecule has 1 heterocycles. The van der Waals surface area contributed by atoms with Gasteiger partial charge in [-0.3, -0.25) is 0 Å². The van der Waals surface area contributed by atoms with Crippen LogP contribution in [-0.4, -0.2) is 54.9 Å². The molecule has 6 nitrogen and oxygen atoms in total. The Morgan fingerprint density at radius 3 is 2.50 bits per heavy atom. The van der Waals surface area contributed by atoms with Crippen LogP contribution in [0.2, 0.25) is 0 Å². The van der Waals surface area contributed by atoms with Gasteiger partial charge in [-0.2, -0.15) is 4.79 Å². The molecular formula is C16H25N3O3. The highest BCUT2D eigenvalue weighted by molar-refractivity contribution is 5.97. The standard InChI is InChI=1S/C16H25N3O3/c1-3-7-21-15-12-14(19-5-9-20-10-6-19)16(22-8-4-2)11-13(15)18-17/h12H,3-11H2,1-2H3. The molecule has 0 saturated carbocycles. The maximum atomic E-state index is 9.26. The number of hydrogen-bond acceptors (Lipinski definition) is 4. The first-order valence-electron chi connectivity index (χ1n) is 8.04. The van der Waals surface area contributed by atoms with E-state index < -0.39 is 0 Å². The number of hydrogen-bond donors (Lipinski definition) is 0. The topological polar surface area (TPSA) is 67.3 Å². The van der Waals surface area contributed by atoms with Gasteiger partial charge in [-0.15, -0.1) is 0 Å². The van der Waals surface area contributed by atoms with E-state index in [2.05, 4.69) is 16.6 Å². The zero-order chi connectivity index (χ0) is 15.8. The highest BCUT2D eigenvalue weighted by Crippen LogP contribution is 2.26. The van der Waals surface area contributed by atoms with Gasteiger partial charge in [0, 0.05) is 19.2 Å². The summed E-state index contributed by atoms with van der Waals surface area (Å²) in [6.45, 7) is 8.47. The lowest BCUT2D eigenvalue weighted by Gasteiger charge is -2.32. The molecule has 0 aromatic carbocycles. The third-order valence-corrected chi connectivity index (χ3v) is 3.58. The Bertz CT molecular complexity index is 487. The van der Waals surface area contributed by atoms with Gasteiger partial charge in [-0.1, -0.05) is 13.8 Å². The minimum Gasteiger partial charge on any atom is -0.495 e. The maximum Gasteiger partial charge on any atom is 0.341 e. The molecule has 22 heavy (non-hydrogen) atoms. The molecule has 0 aromatic rings. The SMILES string of the molecule is CCCOC1=CC(N2CCOCC2)=C(OCCC)CC1=[N+]=[N-]. The average Bonchev–Trinajstić information content (AvgIpc) is 2.58. The minimum absolute atomic E-state index is 0.457. The summed E-state index contributed by atoms with van der Waals surface area (Å²) in [6.07, 6.45) is 4.24. The summed E-state index contributed by atoms with van der Waals surface area (Å²) in [5.41, 5.74) is 10.8. The third-order valence-electron chi connectivity index (χ3n) is 3.58. The second kappa shape index (κ2) is 8.61. The molecule has 122 valence electrons. The van der Waals surface area contributed by atoms with Crippen LogP contribution >= 0.6 is 0 Å². The fourth-order valence-corrected chi connectivity index (χ4v) is 2.46. The van der Waals surface area contributed by atoms with Crippen molar-refractivity contribution < 1.29 is 19.0 Å². The summed E-state index contributed by atoms with van der Waals surface area (Å²) in [7, 11) is 0. The largest absolute Gasteiger partial charge is 0.495 e. The zero-order valence-corrected chi connectivity index (χ0v) is 13.5. The Labute approximate surface area is 132 Å². The Morgan fingerprint density at radius 1 is 1.18 bits per heavy atom. The lowest BCUT2D eigenvalue weighted by Crippen LogP contribution is -2.37. The first kappa shape index (κ1) is 16.6. The zero-order valence-electron chi connectivity index (χ0n) is 13.5. The normalized spacial score (nSPS) is 18.9. The van der Waals surface area contributed by atoms with Crippen molar-refractivity contribution in [3.05, 3.63) is 28.8 Å². The predicted molar refractivity (Wildman–Crippen MR) is 83.2 cm³/mol. The minimum atomic E-state index is 0.457. The second-order valence-corrected chi connectivity index (χ2v) is 5.34. The lowest BCUT2D eigenvalue weighted by atomic mass is 10.0. The Hall–Kier alpha value is -1.78. The van der Waals surface area contributed by atoms with Crippen molar-refractivity contribution >= 4 is 5.71 Å². The molecule has 0 spiro atoms. The Kier molecular flexibility index (Phi) is 6.49. The highest BCUT2D eigenvalue weighted by Gasteiger charge is 2.30. The van der Waals surface area contributed by atoms with Gasteiger partial charge in [-0.05, 0) is 12.8 Å². The van der Waals surface area contributed by atoms with E-state index in [1.807, 2.05) is 13.0 Å². The monoisotopic (exact) mass is 307 g/mol. The van der Waals surface area contributed by atoms with Gasteiger partial charge in [0.25, 0.3) is 0 Å². The van der Waals surface area contributed by atoms with Crippen LogP contribution < -0.4 is 0 Å². The van der Waals surface area contributed by atoms with E-state index in [4.69, 9.17) is 14.2 Å². The van der Waals surface area contributed by atoms with Crippen molar-refractivity contribution in [1.82, 2.24) is 4.90 Å². The van der Waals surface area contributed by atoms with Gasteiger partial charge < -0.3 is 24.6 Å². The first-order valence-corrected chi connectivity index (χ1v) is 8.04. The summed E-state index contributed by atoms with van der Waals surface area (Å²) < 4.78 is 17.0. The first-order chi connectivity index (χ1) is 10.8. The summed E-state index contributed by atoms with van der Waals surface area (Å²) in [5.74, 6) is 1.48. The van der Waals surface area contributed by atoms with Gasteiger partial charge in [0.15, 0.2) is 0 Å². The molecule has 1 fully saturated rings. The molecule has 0 radical (unpaired) electrons. The number of nitrogens with zero attached hydrogens (tertiary/aromatic N) is 3. The van der Waals surface area contributed by atoms with Crippen LogP contribution in [-0.2, 0) is 14.2 Å². The van der Waals surface area contributed by atoms with Crippen molar-refractivity contribution in [2.45, 2.75) is 33.1 Å². The molecule has 1 aliphatic heterocycles. The summed E-state index contributed by atoms with van der Waals surface area (Å²) >= 11 is 0. The molecular weight excluding hydrogens is 282 g/mol. The highest BCUT2D eigenvalue weighted by atomic mass is 16.5. The van der Waals surface area contributed by atoms with E-state index in [0.717, 1.165) is 37.4 Å². The van der Waals surface area contributed by atoms with E-state index >= 15 is 0 Å². The van der Waals surface area contributed by atoms with Crippen molar-refractivity contribution in [2.75, 3.05) is 39.5 Å². The fourth-order valence-electron chi connectivity index (χ4n) is 2.46. The molecule has 1 saturated heterocycles. The van der Waals surface area contributed by atoms with Gasteiger partial charge in [0.1, 0.15) is 12.2 Å². The number of rotatable bonds is 7. The smallest absolute Gasteiger partial charge is 0.341 e. The van der Waals surface area contributed by atoms with Gasteiger partial charge in [0.05, 0.1) is 32.1 Å². The van der Waals surface area contributed by atoms with E-state index in [1.54, 1.807) is 0 Å². The molecule has 1 aliphatic carbocycles. The van der Waals surface area contributed by atoms with E-state index in [1.165, 1.54) is 0 Å². The molecule has 0 aromatic heterocycles. The quantitative estimate of drug-likeness (QED) is 0.535. The summed E-state index contributed by atoms with van der Waals surface area (Å²) in [4.78, 5) is 5.63. The average molecular weight is 307 g/mol. The summed E-state index contributed by atoms with van der Waals surface area (Å²) in [6, 6.07) is 0. The van der Waals surface area contributed by atoms with E-state index in [-0.39, 0.29) is 0 Å². The summed E-state index contributed by atoms with van der Waals surface area (Å²) in [5, 5.41) is 0. The van der Waals surface area contributed by atoms with Crippen LogP contribution in [0, 0.1) is 0 Å². The second-order valence-electron chi connectivity index (χ2n) is 5.34. The number of ether oxygens (including phenoxy) is 3. The molecule has 2 aliphatic rings. The van der Waals surface area contributed by atoms with Crippen LogP contribution in [0.15, 0.2) is 23.3 Å². The molecule has 2 rings (SSSR count). The molecule has 0 bridgehead atoms. The van der Waals surface area contributed by atoms with Crippen molar-refractivity contribution in [3.8, 4) is 0 Å². The van der Waals surface area contributed by atoms with Crippen molar-refractivity contribution in [2.24, 2.45) is 0 Å². The van der Waals surface area contributed by atoms with Crippen LogP contribution in [0.25, 0.3) is 5.53 Å². The predicted octanol–water partition coefficient (Wildman–Crippen LogP) is 2.34. The van der Waals surface area contributed by atoms with Gasteiger partial charge >= 0.3 is 5.71 Å². The van der Waals surface area contributed by atoms with E-state index in [9.17, 15) is 5.53 Å². The van der Waals surface area contributed by atoms with Gasteiger partial charge in [-0.25, -0.2) is 0 Å².